The van der Waals surface area contributed by atoms with Gasteiger partial charge in [0, 0.05) is 30.6 Å². The van der Waals surface area contributed by atoms with E-state index < -0.39 is 4.92 Å². The van der Waals surface area contributed by atoms with Crippen LogP contribution in [0.5, 0.6) is 0 Å². The highest BCUT2D eigenvalue weighted by atomic mass is 35.5. The number of para-hydroxylation sites is 1. The number of rotatable bonds is 4. The molecule has 0 radical (unpaired) electrons. The van der Waals surface area contributed by atoms with Gasteiger partial charge in [-0.25, -0.2) is 0 Å². The molecule has 0 aromatic heterocycles. The summed E-state index contributed by atoms with van der Waals surface area (Å²) < 4.78 is 0. The minimum Gasteiger partial charge on any atom is -0.388 e. The maximum absolute atomic E-state index is 10.9. The zero-order valence-corrected chi connectivity index (χ0v) is 12.0. The van der Waals surface area contributed by atoms with Crippen LogP contribution in [0.2, 0.25) is 10.0 Å². The molecule has 5 nitrogen and oxygen atoms in total. The van der Waals surface area contributed by atoms with Crippen LogP contribution < -0.4 is 10.6 Å². The smallest absolute Gasteiger partial charge is 0.273 e. The van der Waals surface area contributed by atoms with E-state index in [2.05, 4.69) is 10.6 Å². The number of hydrogen-bond acceptors (Lipinski definition) is 4. The van der Waals surface area contributed by atoms with Gasteiger partial charge in [0.1, 0.15) is 0 Å². The van der Waals surface area contributed by atoms with Gasteiger partial charge in [0.15, 0.2) is 0 Å². The van der Waals surface area contributed by atoms with Gasteiger partial charge in [0.25, 0.3) is 5.69 Å². The predicted octanol–water partition coefficient (Wildman–Crippen LogP) is 4.69. The Morgan fingerprint density at radius 2 is 1.70 bits per heavy atom. The van der Waals surface area contributed by atoms with Crippen LogP contribution in [-0.2, 0) is 0 Å². The summed E-state index contributed by atoms with van der Waals surface area (Å²) in [6, 6.07) is 9.69. The van der Waals surface area contributed by atoms with Crippen molar-refractivity contribution in [2.75, 3.05) is 17.7 Å². The van der Waals surface area contributed by atoms with Crippen LogP contribution in [-0.4, -0.2) is 12.0 Å². The molecular formula is C13H11Cl2N3O2. The Labute approximate surface area is 125 Å². The van der Waals surface area contributed by atoms with Crippen LogP contribution in [0.1, 0.15) is 0 Å². The van der Waals surface area contributed by atoms with Crippen molar-refractivity contribution in [3.8, 4) is 0 Å². The molecule has 0 fully saturated rings. The van der Waals surface area contributed by atoms with Crippen molar-refractivity contribution in [2.45, 2.75) is 0 Å². The van der Waals surface area contributed by atoms with Crippen LogP contribution in [0.25, 0.3) is 0 Å². The van der Waals surface area contributed by atoms with Crippen LogP contribution >= 0.6 is 23.2 Å². The third kappa shape index (κ3) is 3.12. The first-order valence-corrected chi connectivity index (χ1v) is 6.45. The van der Waals surface area contributed by atoms with E-state index in [4.69, 9.17) is 23.2 Å². The summed E-state index contributed by atoms with van der Waals surface area (Å²) in [5.41, 5.74) is 1.63. The second-order valence-electron chi connectivity index (χ2n) is 4.00. The van der Waals surface area contributed by atoms with E-state index in [0.29, 0.717) is 27.1 Å². The Morgan fingerprint density at radius 3 is 2.25 bits per heavy atom. The van der Waals surface area contributed by atoms with Gasteiger partial charge in [-0.3, -0.25) is 10.1 Å². The van der Waals surface area contributed by atoms with Gasteiger partial charge in [0.2, 0.25) is 0 Å². The Hall–Kier alpha value is -1.98. The summed E-state index contributed by atoms with van der Waals surface area (Å²) in [7, 11) is 1.69. The number of hydrogen-bond donors (Lipinski definition) is 2. The molecule has 0 bridgehead atoms. The van der Waals surface area contributed by atoms with E-state index in [0.717, 1.165) is 0 Å². The molecule has 20 heavy (non-hydrogen) atoms. The van der Waals surface area contributed by atoms with Gasteiger partial charge in [-0.05, 0) is 18.2 Å². The summed E-state index contributed by atoms with van der Waals surface area (Å²) in [4.78, 5) is 10.4. The molecule has 0 unspecified atom stereocenters. The molecule has 104 valence electrons. The average Bonchev–Trinajstić information content (AvgIpc) is 2.42. The average molecular weight is 312 g/mol. The van der Waals surface area contributed by atoms with Crippen LogP contribution in [0.3, 0.4) is 0 Å². The number of halogens is 2. The SMILES string of the molecule is CNc1cc(Nc2c(Cl)cccc2Cl)cc([N+](=O)[O-])c1. The van der Waals surface area contributed by atoms with E-state index in [1.807, 2.05) is 0 Å². The monoisotopic (exact) mass is 311 g/mol. The van der Waals surface area contributed by atoms with Crippen molar-refractivity contribution in [1.29, 1.82) is 0 Å². The van der Waals surface area contributed by atoms with Gasteiger partial charge in [-0.1, -0.05) is 29.3 Å². The lowest BCUT2D eigenvalue weighted by Crippen LogP contribution is -1.97. The number of non-ortho nitro benzene ring substituents is 1. The number of anilines is 3. The first-order chi connectivity index (χ1) is 9.51. The fourth-order valence-corrected chi connectivity index (χ4v) is 2.19. The summed E-state index contributed by atoms with van der Waals surface area (Å²) >= 11 is 12.1. The zero-order valence-electron chi connectivity index (χ0n) is 10.5. The topological polar surface area (TPSA) is 67.2 Å². The normalized spacial score (nSPS) is 10.2. The largest absolute Gasteiger partial charge is 0.388 e. The standard InChI is InChI=1S/C13H11Cl2N3O2/c1-16-8-5-9(7-10(6-8)18(19)20)17-13-11(14)3-2-4-12(13)15/h2-7,16-17H,1H3. The molecule has 2 aromatic carbocycles. The number of nitro benzene ring substituents is 1. The van der Waals surface area contributed by atoms with Crippen LogP contribution in [0, 0.1) is 10.1 Å². The molecule has 0 amide bonds. The molecule has 2 N–H and O–H groups in total. The highest BCUT2D eigenvalue weighted by Crippen LogP contribution is 2.34. The molecule has 7 heteroatoms. The van der Waals surface area contributed by atoms with Crippen molar-refractivity contribution in [2.24, 2.45) is 0 Å². The molecule has 0 aliphatic heterocycles. The maximum Gasteiger partial charge on any atom is 0.273 e. The van der Waals surface area contributed by atoms with E-state index in [1.54, 1.807) is 31.3 Å². The number of nitro groups is 1. The molecular weight excluding hydrogens is 301 g/mol. The number of nitrogens with one attached hydrogen (secondary N) is 2. The highest BCUT2D eigenvalue weighted by molar-refractivity contribution is 6.39. The van der Waals surface area contributed by atoms with E-state index in [1.165, 1.54) is 12.1 Å². The first kappa shape index (κ1) is 14.4. The first-order valence-electron chi connectivity index (χ1n) is 5.69. The number of benzene rings is 2. The van der Waals surface area contributed by atoms with Crippen molar-refractivity contribution in [3.63, 3.8) is 0 Å². The van der Waals surface area contributed by atoms with E-state index >= 15 is 0 Å². The lowest BCUT2D eigenvalue weighted by Gasteiger charge is -2.11. The minimum atomic E-state index is -0.458. The summed E-state index contributed by atoms with van der Waals surface area (Å²) in [6.45, 7) is 0. The summed E-state index contributed by atoms with van der Waals surface area (Å²) in [6.07, 6.45) is 0. The van der Waals surface area contributed by atoms with Gasteiger partial charge < -0.3 is 10.6 Å². The van der Waals surface area contributed by atoms with E-state index in [-0.39, 0.29) is 5.69 Å². The Bertz CT molecular complexity index is 642. The van der Waals surface area contributed by atoms with Gasteiger partial charge in [-0.15, -0.1) is 0 Å². The molecule has 2 rings (SSSR count). The minimum absolute atomic E-state index is 0.0254. The van der Waals surface area contributed by atoms with Crippen molar-refractivity contribution in [3.05, 3.63) is 56.6 Å². The molecule has 0 saturated heterocycles. The molecule has 0 saturated carbocycles. The van der Waals surface area contributed by atoms with Crippen molar-refractivity contribution < 1.29 is 4.92 Å². The van der Waals surface area contributed by atoms with Crippen LogP contribution in [0.15, 0.2) is 36.4 Å². The predicted molar refractivity (Wildman–Crippen MR) is 82.4 cm³/mol. The fraction of sp³-hybridized carbons (Fsp3) is 0.0769. The third-order valence-electron chi connectivity index (χ3n) is 2.65. The summed E-state index contributed by atoms with van der Waals surface area (Å²) in [5.74, 6) is 0. The fourth-order valence-electron chi connectivity index (χ4n) is 1.69. The molecule has 0 aliphatic carbocycles. The number of nitrogens with zero attached hydrogens (tertiary/aromatic N) is 1. The van der Waals surface area contributed by atoms with Gasteiger partial charge in [0.05, 0.1) is 20.7 Å². The van der Waals surface area contributed by atoms with Crippen LogP contribution in [0.4, 0.5) is 22.7 Å². The molecule has 0 spiro atoms. The molecule has 2 aromatic rings. The second-order valence-corrected chi connectivity index (χ2v) is 4.81. The lowest BCUT2D eigenvalue weighted by molar-refractivity contribution is -0.384. The van der Waals surface area contributed by atoms with Crippen molar-refractivity contribution >= 4 is 46.0 Å². The van der Waals surface area contributed by atoms with E-state index in [9.17, 15) is 10.1 Å². The maximum atomic E-state index is 10.9. The second kappa shape index (κ2) is 5.98. The highest BCUT2D eigenvalue weighted by Gasteiger charge is 2.11. The summed E-state index contributed by atoms with van der Waals surface area (Å²) in [5, 5.41) is 17.7. The Morgan fingerprint density at radius 1 is 1.10 bits per heavy atom. The third-order valence-corrected chi connectivity index (χ3v) is 3.28. The Balaban J connectivity index is 2.43. The Kier molecular flexibility index (Phi) is 4.32. The quantitative estimate of drug-likeness (QED) is 0.635. The molecule has 0 heterocycles. The molecule has 0 aliphatic rings. The molecule has 0 atom stereocenters. The lowest BCUT2D eigenvalue weighted by atomic mass is 10.2. The van der Waals surface area contributed by atoms with Gasteiger partial charge in [-0.2, -0.15) is 0 Å². The zero-order chi connectivity index (χ0) is 14.7. The van der Waals surface area contributed by atoms with Crippen molar-refractivity contribution in [1.82, 2.24) is 0 Å². The van der Waals surface area contributed by atoms with Gasteiger partial charge >= 0.3 is 0 Å².